The lowest BCUT2D eigenvalue weighted by Crippen LogP contribution is -2.28. The van der Waals surface area contributed by atoms with Gasteiger partial charge in [0.25, 0.3) is 0 Å². The van der Waals surface area contributed by atoms with Gasteiger partial charge in [-0.15, -0.1) is 0 Å². The van der Waals surface area contributed by atoms with E-state index in [0.29, 0.717) is 11.7 Å². The van der Waals surface area contributed by atoms with Crippen molar-refractivity contribution < 1.29 is 4.79 Å². The number of anilines is 1. The number of benzene rings is 1. The summed E-state index contributed by atoms with van der Waals surface area (Å²) in [5.41, 5.74) is 3.45. The zero-order valence-corrected chi connectivity index (χ0v) is 12.5. The Morgan fingerprint density at radius 3 is 2.95 bits per heavy atom. The molecule has 0 aromatic heterocycles. The molecule has 0 spiro atoms. The molecule has 1 aliphatic heterocycles. The number of rotatable bonds is 3. The number of carbonyl (C=O) groups excluding carboxylic acids is 1. The van der Waals surface area contributed by atoms with Crippen LogP contribution >= 0.6 is 0 Å². The smallest absolute Gasteiger partial charge is 0.166 e. The van der Waals surface area contributed by atoms with E-state index in [1.807, 2.05) is 6.07 Å². The van der Waals surface area contributed by atoms with E-state index in [9.17, 15) is 4.79 Å². The van der Waals surface area contributed by atoms with Crippen LogP contribution in [0, 0.1) is 11.8 Å². The first-order valence-corrected chi connectivity index (χ1v) is 8.21. The quantitative estimate of drug-likeness (QED) is 0.823. The van der Waals surface area contributed by atoms with Crippen molar-refractivity contribution in [2.75, 3.05) is 11.9 Å². The summed E-state index contributed by atoms with van der Waals surface area (Å²) in [6.07, 6.45) is 8.18. The molecule has 1 aromatic carbocycles. The normalized spacial score (nSPS) is 25.6. The van der Waals surface area contributed by atoms with Crippen molar-refractivity contribution in [1.29, 1.82) is 0 Å². The van der Waals surface area contributed by atoms with Crippen molar-refractivity contribution in [3.8, 4) is 0 Å². The first kappa shape index (κ1) is 13.7. The van der Waals surface area contributed by atoms with Gasteiger partial charge in [-0.2, -0.15) is 0 Å². The molecule has 0 radical (unpaired) electrons. The minimum Gasteiger partial charge on any atom is -0.385 e. The second-order valence-electron chi connectivity index (χ2n) is 6.29. The molecule has 0 amide bonds. The average molecular weight is 271 g/mol. The van der Waals surface area contributed by atoms with Crippen LogP contribution in [0.15, 0.2) is 18.2 Å². The lowest BCUT2D eigenvalue weighted by atomic mass is 9.73. The Kier molecular flexibility index (Phi) is 4.09. The fourth-order valence-corrected chi connectivity index (χ4v) is 3.98. The predicted molar refractivity (Wildman–Crippen MR) is 83.3 cm³/mol. The Hall–Kier alpha value is -1.31. The van der Waals surface area contributed by atoms with Gasteiger partial charge < -0.3 is 5.32 Å². The first-order chi connectivity index (χ1) is 9.81. The molecule has 1 saturated carbocycles. The van der Waals surface area contributed by atoms with Gasteiger partial charge in [-0.3, -0.25) is 4.79 Å². The van der Waals surface area contributed by atoms with Crippen molar-refractivity contribution in [2.24, 2.45) is 11.8 Å². The van der Waals surface area contributed by atoms with Gasteiger partial charge in [-0.25, -0.2) is 0 Å². The molecular formula is C18H25NO. The highest BCUT2D eigenvalue weighted by atomic mass is 16.1. The van der Waals surface area contributed by atoms with E-state index in [4.69, 9.17) is 0 Å². The molecule has 2 atom stereocenters. The lowest BCUT2D eigenvalue weighted by Gasteiger charge is -2.31. The zero-order valence-electron chi connectivity index (χ0n) is 12.5. The molecule has 1 heterocycles. The molecule has 1 aromatic rings. The summed E-state index contributed by atoms with van der Waals surface area (Å²) in [6, 6.07) is 6.20. The summed E-state index contributed by atoms with van der Waals surface area (Å²) in [5, 5.41) is 3.43. The van der Waals surface area contributed by atoms with E-state index in [1.165, 1.54) is 30.5 Å². The van der Waals surface area contributed by atoms with Gasteiger partial charge in [0.15, 0.2) is 5.78 Å². The summed E-state index contributed by atoms with van der Waals surface area (Å²) in [4.78, 5) is 13.0. The summed E-state index contributed by atoms with van der Waals surface area (Å²) in [5.74, 6) is 1.28. The molecule has 2 heteroatoms. The van der Waals surface area contributed by atoms with E-state index >= 15 is 0 Å². The minimum absolute atomic E-state index is 0.266. The third kappa shape index (κ3) is 2.48. The SMILES string of the molecule is CCC1CCCCC1C(=O)c1cccc2c1CCCN2. The number of fused-ring (bicyclic) bond motifs is 1. The van der Waals surface area contributed by atoms with Crippen molar-refractivity contribution >= 4 is 11.5 Å². The van der Waals surface area contributed by atoms with E-state index in [1.54, 1.807) is 0 Å². The largest absolute Gasteiger partial charge is 0.385 e. The standard InChI is InChI=1S/C18H25NO/c1-2-13-7-3-4-8-14(13)18(20)16-9-5-11-17-15(16)10-6-12-19-17/h5,9,11,13-14,19H,2-4,6-8,10,12H2,1H3. The van der Waals surface area contributed by atoms with Crippen molar-refractivity contribution in [3.05, 3.63) is 29.3 Å². The lowest BCUT2D eigenvalue weighted by molar-refractivity contribution is 0.0819. The zero-order chi connectivity index (χ0) is 13.9. The number of ketones is 1. The van der Waals surface area contributed by atoms with Crippen LogP contribution in [0.25, 0.3) is 0 Å². The molecule has 108 valence electrons. The highest BCUT2D eigenvalue weighted by molar-refractivity contribution is 6.00. The molecule has 0 bridgehead atoms. The Balaban J connectivity index is 1.90. The minimum atomic E-state index is 0.266. The van der Waals surface area contributed by atoms with Gasteiger partial charge in [0, 0.05) is 23.7 Å². The highest BCUT2D eigenvalue weighted by Crippen LogP contribution is 2.36. The third-order valence-electron chi connectivity index (χ3n) is 5.13. The monoisotopic (exact) mass is 271 g/mol. The fraction of sp³-hybridized carbons (Fsp3) is 0.611. The third-order valence-corrected chi connectivity index (χ3v) is 5.13. The van der Waals surface area contributed by atoms with Crippen LogP contribution in [0.5, 0.6) is 0 Å². The summed E-state index contributed by atoms with van der Waals surface area (Å²) in [6.45, 7) is 3.27. The van der Waals surface area contributed by atoms with Crippen LogP contribution in [-0.2, 0) is 6.42 Å². The first-order valence-electron chi connectivity index (χ1n) is 8.21. The maximum atomic E-state index is 13.0. The average Bonchev–Trinajstić information content (AvgIpc) is 2.53. The molecule has 0 saturated heterocycles. The summed E-state index contributed by atoms with van der Waals surface area (Å²) >= 11 is 0. The Bertz CT molecular complexity index is 494. The number of carbonyl (C=O) groups is 1. The molecule has 20 heavy (non-hydrogen) atoms. The summed E-state index contributed by atoms with van der Waals surface area (Å²) in [7, 11) is 0. The van der Waals surface area contributed by atoms with Gasteiger partial charge in [-0.1, -0.05) is 38.3 Å². The molecule has 1 fully saturated rings. The maximum absolute atomic E-state index is 13.0. The van der Waals surface area contributed by atoms with Crippen LogP contribution in [0.4, 0.5) is 5.69 Å². The second kappa shape index (κ2) is 5.99. The van der Waals surface area contributed by atoms with E-state index in [0.717, 1.165) is 37.8 Å². The molecular weight excluding hydrogens is 246 g/mol. The Morgan fingerprint density at radius 2 is 2.10 bits per heavy atom. The van der Waals surface area contributed by atoms with Crippen LogP contribution < -0.4 is 5.32 Å². The van der Waals surface area contributed by atoms with E-state index in [-0.39, 0.29) is 5.92 Å². The van der Waals surface area contributed by atoms with Gasteiger partial charge in [0.2, 0.25) is 0 Å². The van der Waals surface area contributed by atoms with Crippen LogP contribution in [0.2, 0.25) is 0 Å². The molecule has 2 aliphatic rings. The molecule has 1 N–H and O–H groups in total. The van der Waals surface area contributed by atoms with Gasteiger partial charge in [0.1, 0.15) is 0 Å². The highest BCUT2D eigenvalue weighted by Gasteiger charge is 2.31. The molecule has 2 nitrogen and oxygen atoms in total. The van der Waals surface area contributed by atoms with Crippen LogP contribution in [0.3, 0.4) is 0 Å². The van der Waals surface area contributed by atoms with Gasteiger partial charge >= 0.3 is 0 Å². The van der Waals surface area contributed by atoms with Crippen molar-refractivity contribution in [1.82, 2.24) is 0 Å². The molecule has 1 aliphatic carbocycles. The molecule has 2 unspecified atom stereocenters. The van der Waals surface area contributed by atoms with E-state index in [2.05, 4.69) is 24.4 Å². The number of Topliss-reactive ketones (excluding diaryl/α,β-unsaturated/α-hetero) is 1. The Morgan fingerprint density at radius 1 is 1.25 bits per heavy atom. The van der Waals surface area contributed by atoms with Crippen molar-refractivity contribution in [3.63, 3.8) is 0 Å². The van der Waals surface area contributed by atoms with Crippen LogP contribution in [-0.4, -0.2) is 12.3 Å². The maximum Gasteiger partial charge on any atom is 0.166 e. The number of nitrogens with one attached hydrogen (secondary N) is 1. The molecule has 3 rings (SSSR count). The van der Waals surface area contributed by atoms with E-state index < -0.39 is 0 Å². The van der Waals surface area contributed by atoms with Gasteiger partial charge in [-0.05, 0) is 43.2 Å². The number of hydrogen-bond donors (Lipinski definition) is 1. The fourth-order valence-electron chi connectivity index (χ4n) is 3.98. The Labute approximate surface area is 122 Å². The second-order valence-corrected chi connectivity index (χ2v) is 6.29. The van der Waals surface area contributed by atoms with Gasteiger partial charge in [0.05, 0.1) is 0 Å². The van der Waals surface area contributed by atoms with Crippen LogP contribution in [0.1, 0.15) is 61.4 Å². The predicted octanol–water partition coefficient (Wildman–Crippen LogP) is 4.44. The number of hydrogen-bond acceptors (Lipinski definition) is 2. The summed E-state index contributed by atoms with van der Waals surface area (Å²) < 4.78 is 0. The topological polar surface area (TPSA) is 29.1 Å². The van der Waals surface area contributed by atoms with Crippen molar-refractivity contribution in [2.45, 2.75) is 51.9 Å².